The normalized spacial score (nSPS) is 28.0. The summed E-state index contributed by atoms with van der Waals surface area (Å²) >= 11 is 0. The van der Waals surface area contributed by atoms with Gasteiger partial charge in [-0.25, -0.2) is 0 Å². The Bertz CT molecular complexity index is 733. The van der Waals surface area contributed by atoms with E-state index in [2.05, 4.69) is 26.4 Å². The van der Waals surface area contributed by atoms with Crippen LogP contribution in [0.3, 0.4) is 0 Å². The predicted octanol–water partition coefficient (Wildman–Crippen LogP) is 3.66. The number of benzene rings is 1. The van der Waals surface area contributed by atoms with Gasteiger partial charge in [-0.3, -0.25) is 15.0 Å². The zero-order valence-corrected chi connectivity index (χ0v) is 12.0. The van der Waals surface area contributed by atoms with Crippen LogP contribution in [-0.2, 0) is 0 Å². The van der Waals surface area contributed by atoms with E-state index in [1.165, 1.54) is 0 Å². The molecular formula is C18H16N4. The summed E-state index contributed by atoms with van der Waals surface area (Å²) in [6.07, 6.45) is 18.8. The van der Waals surface area contributed by atoms with Gasteiger partial charge in [0, 0.05) is 18.6 Å². The highest BCUT2D eigenvalue weighted by Gasteiger charge is 2.09. The highest BCUT2D eigenvalue weighted by Crippen LogP contribution is 2.26. The highest BCUT2D eigenvalue weighted by atomic mass is 14.9. The standard InChI is InChI=1S/C18H16N4/c1-2-8-16-15(7-1)19-11-5-13-21-17-9-3-4-10-18(17)22-14-6-12-20-16/h1-15,19H/b11-5-,12-6-,20-16+,21-13+,22-14+. The number of hydrogen-bond acceptors (Lipinski definition) is 4. The average molecular weight is 288 g/mol. The molecule has 0 fully saturated rings. The predicted molar refractivity (Wildman–Crippen MR) is 93.7 cm³/mol. The fraction of sp³-hybridized carbons (Fsp3) is 0.0556. The third-order valence-electron chi connectivity index (χ3n) is 3.16. The second-order valence-electron chi connectivity index (χ2n) is 4.69. The Kier molecular flexibility index (Phi) is 4.52. The Morgan fingerprint density at radius 3 is 2.45 bits per heavy atom. The molecule has 108 valence electrons. The van der Waals surface area contributed by atoms with E-state index in [0.29, 0.717) is 0 Å². The molecule has 22 heavy (non-hydrogen) atoms. The Morgan fingerprint density at radius 1 is 0.864 bits per heavy atom. The zero-order valence-electron chi connectivity index (χ0n) is 12.0. The number of allylic oxidation sites excluding steroid dienone is 4. The van der Waals surface area contributed by atoms with Gasteiger partial charge in [0.25, 0.3) is 0 Å². The van der Waals surface area contributed by atoms with Crippen LogP contribution >= 0.6 is 0 Å². The third kappa shape index (κ3) is 3.55. The van der Waals surface area contributed by atoms with Crippen molar-refractivity contribution in [2.24, 2.45) is 15.0 Å². The number of hydrogen-bond donors (Lipinski definition) is 1. The van der Waals surface area contributed by atoms with Gasteiger partial charge in [-0.2, -0.15) is 0 Å². The highest BCUT2D eigenvalue weighted by molar-refractivity contribution is 6.02. The first-order valence-corrected chi connectivity index (χ1v) is 7.09. The molecular weight excluding hydrogens is 272 g/mol. The molecule has 1 N–H and O–H groups in total. The molecule has 1 aliphatic heterocycles. The molecule has 0 saturated heterocycles. The second kappa shape index (κ2) is 7.13. The van der Waals surface area contributed by atoms with Gasteiger partial charge in [0.15, 0.2) is 0 Å². The Labute approximate surface area is 129 Å². The van der Waals surface area contributed by atoms with Gasteiger partial charge < -0.3 is 5.32 Å². The monoisotopic (exact) mass is 288 g/mol. The second-order valence-corrected chi connectivity index (χ2v) is 4.69. The lowest BCUT2D eigenvalue weighted by molar-refractivity contribution is 0.876. The molecule has 0 radical (unpaired) electrons. The van der Waals surface area contributed by atoms with Crippen LogP contribution < -0.4 is 5.32 Å². The summed E-state index contributed by atoms with van der Waals surface area (Å²) < 4.78 is 0. The summed E-state index contributed by atoms with van der Waals surface area (Å²) in [5.41, 5.74) is 2.61. The fourth-order valence-electron chi connectivity index (χ4n) is 2.09. The maximum Gasteiger partial charge on any atom is 0.0886 e. The minimum absolute atomic E-state index is 0.0615. The lowest BCUT2D eigenvalue weighted by atomic mass is 10.1. The molecule has 0 saturated carbocycles. The Morgan fingerprint density at radius 2 is 1.64 bits per heavy atom. The van der Waals surface area contributed by atoms with Crippen molar-refractivity contribution in [2.75, 3.05) is 0 Å². The first-order chi connectivity index (χ1) is 10.9. The minimum Gasteiger partial charge on any atom is -0.379 e. The summed E-state index contributed by atoms with van der Waals surface area (Å²) in [7, 11) is 0. The summed E-state index contributed by atoms with van der Waals surface area (Å²) in [6.45, 7) is 0. The van der Waals surface area contributed by atoms with Gasteiger partial charge in [0.2, 0.25) is 0 Å². The van der Waals surface area contributed by atoms with Crippen LogP contribution in [0.25, 0.3) is 0 Å². The minimum atomic E-state index is 0.0615. The van der Waals surface area contributed by atoms with E-state index in [4.69, 9.17) is 0 Å². The van der Waals surface area contributed by atoms with E-state index in [9.17, 15) is 0 Å². The average Bonchev–Trinajstić information content (AvgIpc) is 2.56. The maximum absolute atomic E-state index is 4.47. The largest absolute Gasteiger partial charge is 0.379 e. The van der Waals surface area contributed by atoms with Crippen molar-refractivity contribution >= 4 is 29.5 Å². The van der Waals surface area contributed by atoms with Crippen LogP contribution in [0.4, 0.5) is 11.4 Å². The lowest BCUT2D eigenvalue weighted by Crippen LogP contribution is -2.31. The summed E-state index contributed by atoms with van der Waals surface area (Å²) in [4.78, 5) is 13.3. The van der Waals surface area contributed by atoms with E-state index in [0.717, 1.165) is 17.1 Å². The van der Waals surface area contributed by atoms with Crippen molar-refractivity contribution in [3.8, 4) is 0 Å². The number of rotatable bonds is 0. The summed E-state index contributed by atoms with van der Waals surface area (Å²) in [5.74, 6) is 0. The number of para-hydroxylation sites is 2. The van der Waals surface area contributed by atoms with E-state index in [1.54, 1.807) is 18.6 Å². The van der Waals surface area contributed by atoms with Crippen molar-refractivity contribution in [2.45, 2.75) is 6.04 Å². The molecule has 0 amide bonds. The molecule has 1 unspecified atom stereocenters. The molecule has 4 heteroatoms. The van der Waals surface area contributed by atoms with Gasteiger partial charge >= 0.3 is 0 Å². The van der Waals surface area contributed by atoms with Crippen LogP contribution in [0.5, 0.6) is 0 Å². The zero-order chi connectivity index (χ0) is 15.0. The van der Waals surface area contributed by atoms with Gasteiger partial charge in [-0.15, -0.1) is 0 Å². The van der Waals surface area contributed by atoms with Crippen molar-refractivity contribution in [1.82, 2.24) is 5.32 Å². The van der Waals surface area contributed by atoms with Crippen LogP contribution in [0, 0.1) is 0 Å². The van der Waals surface area contributed by atoms with Crippen LogP contribution in [0.2, 0.25) is 0 Å². The first kappa shape index (κ1) is 13.9. The molecule has 1 atom stereocenters. The fourth-order valence-corrected chi connectivity index (χ4v) is 2.09. The number of nitrogens with one attached hydrogen (secondary N) is 1. The number of fused-ring (bicyclic) bond motifs is 2. The van der Waals surface area contributed by atoms with Crippen LogP contribution in [-0.4, -0.2) is 24.2 Å². The van der Waals surface area contributed by atoms with Crippen molar-refractivity contribution < 1.29 is 0 Å². The Balaban J connectivity index is 1.92. The smallest absolute Gasteiger partial charge is 0.0886 e. The molecule has 1 aliphatic carbocycles. The topological polar surface area (TPSA) is 49.1 Å². The van der Waals surface area contributed by atoms with Gasteiger partial charge in [0.1, 0.15) is 0 Å². The van der Waals surface area contributed by atoms with Crippen LogP contribution in [0.15, 0.2) is 88.1 Å². The quantitative estimate of drug-likeness (QED) is 0.778. The molecule has 3 rings (SSSR count). The molecule has 0 bridgehead atoms. The SMILES string of the molecule is C1=C\C2=N/C=C\C=N\c3ccccc3/N=C/C=C\NC2C=C1. The molecule has 4 nitrogen and oxygen atoms in total. The van der Waals surface area contributed by atoms with E-state index >= 15 is 0 Å². The van der Waals surface area contributed by atoms with E-state index < -0.39 is 0 Å². The molecule has 1 aromatic rings. The molecule has 2 aliphatic rings. The van der Waals surface area contributed by atoms with Crippen molar-refractivity contribution in [3.63, 3.8) is 0 Å². The molecule has 1 heterocycles. The van der Waals surface area contributed by atoms with Crippen molar-refractivity contribution in [1.29, 1.82) is 0 Å². The molecule has 0 spiro atoms. The van der Waals surface area contributed by atoms with Gasteiger partial charge in [-0.05, 0) is 36.6 Å². The lowest BCUT2D eigenvalue weighted by Gasteiger charge is -2.15. The van der Waals surface area contributed by atoms with Crippen LogP contribution in [0.1, 0.15) is 0 Å². The molecule has 0 aromatic heterocycles. The summed E-state index contributed by atoms with van der Waals surface area (Å²) in [6, 6.07) is 7.82. The summed E-state index contributed by atoms with van der Waals surface area (Å²) in [5, 5.41) is 3.29. The number of aliphatic imine (C=N–C) groups is 3. The Hall–Kier alpha value is -3.01. The number of nitrogens with zero attached hydrogens (tertiary/aromatic N) is 3. The third-order valence-corrected chi connectivity index (χ3v) is 3.16. The molecule has 1 aromatic carbocycles. The van der Waals surface area contributed by atoms with Crippen molar-refractivity contribution in [3.05, 3.63) is 73.1 Å². The van der Waals surface area contributed by atoms with E-state index in [-0.39, 0.29) is 6.04 Å². The van der Waals surface area contributed by atoms with Gasteiger partial charge in [0.05, 0.1) is 23.1 Å². The van der Waals surface area contributed by atoms with E-state index in [1.807, 2.05) is 60.8 Å². The first-order valence-electron chi connectivity index (χ1n) is 7.09. The van der Waals surface area contributed by atoms with Gasteiger partial charge in [-0.1, -0.05) is 30.4 Å². The maximum atomic E-state index is 4.47.